The summed E-state index contributed by atoms with van der Waals surface area (Å²) in [5.74, 6) is 0.849. The molecule has 0 unspecified atom stereocenters. The summed E-state index contributed by atoms with van der Waals surface area (Å²) in [5, 5.41) is 19.4. The van der Waals surface area contributed by atoms with Crippen LogP contribution in [0.5, 0.6) is 11.5 Å². The van der Waals surface area contributed by atoms with Gasteiger partial charge in [-0.15, -0.1) is 10.2 Å². The number of nitrogen functional groups attached to an aromatic ring is 1. The molecule has 0 fully saturated rings. The standard InChI is InChI=1S/C22H22N4O6S/c1-3-31-20-13-17(23)19(14-21(20)32-4-2)25-24-18-11-10-15(26(27)28)12-22(18)33(29,30)16-8-6-5-7-9-16/h5-14H,3-4,23H2,1-2H3. The molecule has 33 heavy (non-hydrogen) atoms. The molecule has 0 amide bonds. The third kappa shape index (κ3) is 5.26. The molecule has 11 heteroatoms. The summed E-state index contributed by atoms with van der Waals surface area (Å²) in [6, 6.07) is 14.0. The summed E-state index contributed by atoms with van der Waals surface area (Å²) < 4.78 is 37.4. The number of anilines is 1. The van der Waals surface area contributed by atoms with Gasteiger partial charge in [0, 0.05) is 24.3 Å². The Morgan fingerprint density at radius 2 is 1.52 bits per heavy atom. The van der Waals surface area contributed by atoms with E-state index in [0.717, 1.165) is 12.1 Å². The molecule has 0 aliphatic carbocycles. The van der Waals surface area contributed by atoms with E-state index in [0.29, 0.717) is 24.7 Å². The SMILES string of the molecule is CCOc1cc(N)c(N=Nc2ccc([N+](=O)[O-])cc2S(=O)(=O)c2ccccc2)cc1OCC. The van der Waals surface area contributed by atoms with Gasteiger partial charge in [0.15, 0.2) is 11.5 Å². The van der Waals surface area contributed by atoms with Gasteiger partial charge in [-0.25, -0.2) is 8.42 Å². The number of nitrogens with two attached hydrogens (primary N) is 1. The fourth-order valence-electron chi connectivity index (χ4n) is 2.94. The van der Waals surface area contributed by atoms with E-state index in [9.17, 15) is 18.5 Å². The molecule has 0 saturated heterocycles. The zero-order valence-electron chi connectivity index (χ0n) is 18.0. The molecule has 3 aromatic carbocycles. The van der Waals surface area contributed by atoms with Gasteiger partial charge in [0.05, 0.1) is 28.7 Å². The summed E-state index contributed by atoms with van der Waals surface area (Å²) >= 11 is 0. The van der Waals surface area contributed by atoms with Crippen molar-refractivity contribution in [2.24, 2.45) is 10.2 Å². The smallest absolute Gasteiger partial charge is 0.270 e. The maximum absolute atomic E-state index is 13.2. The second kappa shape index (κ2) is 10.1. The van der Waals surface area contributed by atoms with Crippen molar-refractivity contribution in [1.29, 1.82) is 0 Å². The van der Waals surface area contributed by atoms with Crippen LogP contribution in [-0.2, 0) is 9.84 Å². The van der Waals surface area contributed by atoms with E-state index in [1.54, 1.807) is 24.3 Å². The average molecular weight is 471 g/mol. The van der Waals surface area contributed by atoms with Crippen molar-refractivity contribution in [3.05, 3.63) is 70.8 Å². The number of ether oxygens (including phenoxy) is 2. The lowest BCUT2D eigenvalue weighted by Crippen LogP contribution is -2.03. The number of benzene rings is 3. The Labute approximate surface area is 190 Å². The highest BCUT2D eigenvalue weighted by Gasteiger charge is 2.24. The Morgan fingerprint density at radius 1 is 0.909 bits per heavy atom. The van der Waals surface area contributed by atoms with Crippen LogP contribution < -0.4 is 15.2 Å². The number of non-ortho nitro benzene ring substituents is 1. The molecule has 10 nitrogen and oxygen atoms in total. The molecular weight excluding hydrogens is 448 g/mol. The van der Waals surface area contributed by atoms with E-state index >= 15 is 0 Å². The van der Waals surface area contributed by atoms with Gasteiger partial charge >= 0.3 is 0 Å². The first-order valence-corrected chi connectivity index (χ1v) is 11.5. The lowest BCUT2D eigenvalue weighted by atomic mass is 10.2. The predicted octanol–water partition coefficient (Wildman–Crippen LogP) is 5.22. The maximum Gasteiger partial charge on any atom is 0.270 e. The van der Waals surface area contributed by atoms with E-state index < -0.39 is 14.8 Å². The Balaban J connectivity index is 2.11. The molecule has 0 saturated carbocycles. The van der Waals surface area contributed by atoms with Gasteiger partial charge in [-0.1, -0.05) is 18.2 Å². The van der Waals surface area contributed by atoms with Crippen molar-refractivity contribution < 1.29 is 22.8 Å². The Bertz CT molecular complexity index is 1290. The van der Waals surface area contributed by atoms with Gasteiger partial charge in [-0.05, 0) is 32.0 Å². The number of hydrogen-bond donors (Lipinski definition) is 1. The molecule has 0 atom stereocenters. The molecule has 0 aliphatic rings. The molecule has 172 valence electrons. The maximum atomic E-state index is 13.2. The lowest BCUT2D eigenvalue weighted by molar-refractivity contribution is -0.385. The van der Waals surface area contributed by atoms with Crippen LogP contribution >= 0.6 is 0 Å². The summed E-state index contributed by atoms with van der Waals surface area (Å²) in [6.45, 7) is 4.42. The summed E-state index contributed by atoms with van der Waals surface area (Å²) in [4.78, 5) is 10.2. The highest BCUT2D eigenvalue weighted by atomic mass is 32.2. The Morgan fingerprint density at radius 3 is 2.12 bits per heavy atom. The minimum Gasteiger partial charge on any atom is -0.490 e. The molecule has 3 aromatic rings. The van der Waals surface area contributed by atoms with Crippen LogP contribution in [0.1, 0.15) is 13.8 Å². The van der Waals surface area contributed by atoms with Gasteiger partial charge in [0.2, 0.25) is 9.84 Å². The van der Waals surface area contributed by atoms with Crippen molar-refractivity contribution >= 4 is 32.6 Å². The van der Waals surface area contributed by atoms with E-state index in [1.807, 2.05) is 13.8 Å². The first kappa shape index (κ1) is 23.7. The summed E-state index contributed by atoms with van der Waals surface area (Å²) in [6.07, 6.45) is 0. The monoisotopic (exact) mass is 470 g/mol. The third-order valence-corrected chi connectivity index (χ3v) is 6.25. The second-order valence-corrected chi connectivity index (χ2v) is 8.57. The number of nitrogens with zero attached hydrogens (tertiary/aromatic N) is 3. The molecule has 3 rings (SSSR count). The molecule has 2 N–H and O–H groups in total. The van der Waals surface area contributed by atoms with Crippen molar-refractivity contribution in [3.63, 3.8) is 0 Å². The minimum absolute atomic E-state index is 0.0267. The van der Waals surface area contributed by atoms with E-state index in [1.165, 1.54) is 24.3 Å². The number of rotatable bonds is 9. The molecule has 0 aromatic heterocycles. The first-order chi connectivity index (χ1) is 15.8. The van der Waals surface area contributed by atoms with E-state index in [-0.39, 0.29) is 32.5 Å². The molecule has 0 spiro atoms. The zero-order valence-corrected chi connectivity index (χ0v) is 18.8. The van der Waals surface area contributed by atoms with E-state index in [2.05, 4.69) is 10.2 Å². The summed E-state index contributed by atoms with van der Waals surface area (Å²) in [5.41, 5.74) is 6.06. The number of nitro benzene ring substituents is 1. The van der Waals surface area contributed by atoms with Gasteiger partial charge in [0.1, 0.15) is 16.3 Å². The molecule has 0 aliphatic heterocycles. The van der Waals surface area contributed by atoms with Gasteiger partial charge in [0.25, 0.3) is 5.69 Å². The molecule has 0 bridgehead atoms. The quantitative estimate of drug-likeness (QED) is 0.195. The zero-order chi connectivity index (χ0) is 24.0. The van der Waals surface area contributed by atoms with Gasteiger partial charge in [-0.2, -0.15) is 0 Å². The number of azo groups is 1. The first-order valence-electron chi connectivity index (χ1n) is 9.97. The highest BCUT2D eigenvalue weighted by molar-refractivity contribution is 7.91. The minimum atomic E-state index is -4.11. The fraction of sp³-hybridized carbons (Fsp3) is 0.182. The fourth-order valence-corrected chi connectivity index (χ4v) is 4.37. The topological polar surface area (TPSA) is 146 Å². The summed E-state index contributed by atoms with van der Waals surface area (Å²) in [7, 11) is -4.11. The highest BCUT2D eigenvalue weighted by Crippen LogP contribution is 2.39. The molecular formula is C22H22N4O6S. The number of sulfone groups is 1. The Kier molecular flexibility index (Phi) is 7.23. The normalized spacial score (nSPS) is 11.5. The third-order valence-electron chi connectivity index (χ3n) is 4.46. The van der Waals surface area contributed by atoms with Crippen LogP contribution in [0.3, 0.4) is 0 Å². The number of nitro groups is 1. The van der Waals surface area contributed by atoms with Crippen LogP contribution in [0.4, 0.5) is 22.7 Å². The average Bonchev–Trinajstić information content (AvgIpc) is 2.80. The van der Waals surface area contributed by atoms with E-state index in [4.69, 9.17) is 15.2 Å². The second-order valence-electron chi connectivity index (χ2n) is 6.65. The molecule has 0 heterocycles. The Hall–Kier alpha value is -3.99. The largest absolute Gasteiger partial charge is 0.490 e. The lowest BCUT2D eigenvalue weighted by Gasteiger charge is -2.12. The van der Waals surface area contributed by atoms with Crippen LogP contribution in [0, 0.1) is 10.1 Å². The van der Waals surface area contributed by atoms with Crippen LogP contribution in [0.2, 0.25) is 0 Å². The van der Waals surface area contributed by atoms with Gasteiger partial charge in [-0.3, -0.25) is 10.1 Å². The van der Waals surface area contributed by atoms with Crippen LogP contribution in [-0.4, -0.2) is 26.6 Å². The van der Waals surface area contributed by atoms with Crippen molar-refractivity contribution in [2.45, 2.75) is 23.6 Å². The van der Waals surface area contributed by atoms with Crippen LogP contribution in [0.15, 0.2) is 80.7 Å². The number of hydrogen-bond acceptors (Lipinski definition) is 9. The van der Waals surface area contributed by atoms with Gasteiger partial charge < -0.3 is 15.2 Å². The van der Waals surface area contributed by atoms with Crippen molar-refractivity contribution in [3.8, 4) is 11.5 Å². The van der Waals surface area contributed by atoms with Crippen molar-refractivity contribution in [2.75, 3.05) is 18.9 Å². The van der Waals surface area contributed by atoms with Crippen molar-refractivity contribution in [1.82, 2.24) is 0 Å². The van der Waals surface area contributed by atoms with Crippen LogP contribution in [0.25, 0.3) is 0 Å². The predicted molar refractivity (Wildman–Crippen MR) is 122 cm³/mol. The molecule has 0 radical (unpaired) electrons.